The summed E-state index contributed by atoms with van der Waals surface area (Å²) in [6, 6.07) is 13.2. The van der Waals surface area contributed by atoms with E-state index in [1.807, 2.05) is 43.3 Å². The number of aliphatic imine (C=N–C) groups is 1. The Bertz CT molecular complexity index is 1210. The number of rotatable bonds is 10. The van der Waals surface area contributed by atoms with Gasteiger partial charge in [-0.2, -0.15) is 0 Å². The van der Waals surface area contributed by atoms with Crippen LogP contribution in [0.3, 0.4) is 0 Å². The quantitative estimate of drug-likeness (QED) is 0.238. The van der Waals surface area contributed by atoms with Gasteiger partial charge in [0.1, 0.15) is 18.5 Å². The molecule has 1 N–H and O–H groups in total. The third kappa shape index (κ3) is 7.51. The minimum atomic E-state index is -1.95. The summed E-state index contributed by atoms with van der Waals surface area (Å²) in [7, 11) is -1.95. The Labute approximate surface area is 237 Å². The van der Waals surface area contributed by atoms with Gasteiger partial charge in [-0.25, -0.2) is 0 Å². The van der Waals surface area contributed by atoms with Crippen molar-refractivity contribution in [3.05, 3.63) is 63.5 Å². The molecule has 1 atom stereocenters. The van der Waals surface area contributed by atoms with Crippen LogP contribution in [0.2, 0.25) is 23.2 Å². The van der Waals surface area contributed by atoms with E-state index in [-0.39, 0.29) is 24.2 Å². The van der Waals surface area contributed by atoms with Crippen molar-refractivity contribution in [2.45, 2.75) is 65.3 Å². The summed E-state index contributed by atoms with van der Waals surface area (Å²) < 4.78 is 11.9. The Morgan fingerprint density at radius 3 is 2.53 bits per heavy atom. The maximum Gasteiger partial charge on any atom is 0.271 e. The van der Waals surface area contributed by atoms with Gasteiger partial charge in [0.2, 0.25) is 0 Å². The highest BCUT2D eigenvalue weighted by molar-refractivity contribution is 8.19. The molecule has 6 nitrogen and oxygen atoms in total. The fourth-order valence-corrected chi connectivity index (χ4v) is 5.73. The van der Waals surface area contributed by atoms with Crippen molar-refractivity contribution < 1.29 is 19.1 Å². The van der Waals surface area contributed by atoms with E-state index in [0.29, 0.717) is 27.4 Å². The molecule has 2 aromatic rings. The van der Waals surface area contributed by atoms with Crippen LogP contribution in [0.1, 0.15) is 45.2 Å². The lowest BCUT2D eigenvalue weighted by Gasteiger charge is -2.36. The van der Waals surface area contributed by atoms with Crippen molar-refractivity contribution in [1.82, 2.24) is 0 Å². The van der Waals surface area contributed by atoms with Crippen molar-refractivity contribution in [3.8, 4) is 5.75 Å². The maximum atomic E-state index is 13.4. The first-order chi connectivity index (χ1) is 17.8. The van der Waals surface area contributed by atoms with E-state index in [4.69, 9.17) is 20.8 Å². The van der Waals surface area contributed by atoms with Crippen LogP contribution in [0.25, 0.3) is 6.08 Å². The van der Waals surface area contributed by atoms with Gasteiger partial charge in [0.15, 0.2) is 13.5 Å². The van der Waals surface area contributed by atoms with Crippen molar-refractivity contribution in [3.63, 3.8) is 0 Å². The second-order valence-electron chi connectivity index (χ2n) is 10.9. The van der Waals surface area contributed by atoms with Gasteiger partial charge in [0, 0.05) is 6.54 Å². The molecule has 1 heterocycles. The van der Waals surface area contributed by atoms with Gasteiger partial charge in [-0.1, -0.05) is 63.6 Å². The molecule has 1 unspecified atom stereocenters. The van der Waals surface area contributed by atoms with Gasteiger partial charge in [0.05, 0.1) is 22.2 Å². The molecule has 0 bridgehead atoms. The third-order valence-electron chi connectivity index (χ3n) is 6.76. The Hall–Kier alpha value is -2.10. The molecule has 9 heteroatoms. The molecule has 1 saturated heterocycles. The molecular formula is C29H39ClN2O4SSi. The number of ether oxygens (including phenoxy) is 1. The molecule has 0 aromatic heterocycles. The first-order valence-corrected chi connectivity index (χ1v) is 17.0. The Balaban J connectivity index is 1.71. The van der Waals surface area contributed by atoms with E-state index in [1.165, 1.54) is 11.8 Å². The van der Waals surface area contributed by atoms with Crippen LogP contribution < -0.4 is 9.64 Å². The number of halogens is 1. The van der Waals surface area contributed by atoms with Crippen LogP contribution in [-0.2, 0) is 9.22 Å². The normalized spacial score (nSPS) is 17.5. The summed E-state index contributed by atoms with van der Waals surface area (Å²) in [5, 5.41) is 11.5. The summed E-state index contributed by atoms with van der Waals surface area (Å²) in [4.78, 5) is 20.3. The summed E-state index contributed by atoms with van der Waals surface area (Å²) in [6.07, 6.45) is 1.96. The highest BCUT2D eigenvalue weighted by Gasteiger charge is 2.37. The van der Waals surface area contributed by atoms with Crippen LogP contribution in [0.4, 0.5) is 5.69 Å². The monoisotopic (exact) mass is 574 g/mol. The first kappa shape index (κ1) is 30.4. The van der Waals surface area contributed by atoms with Gasteiger partial charge in [-0.3, -0.25) is 14.7 Å². The van der Waals surface area contributed by atoms with E-state index in [2.05, 4.69) is 45.8 Å². The first-order valence-electron chi connectivity index (χ1n) is 12.9. The number of para-hydroxylation sites is 1. The van der Waals surface area contributed by atoms with E-state index < -0.39 is 14.4 Å². The largest absolute Gasteiger partial charge is 0.489 e. The summed E-state index contributed by atoms with van der Waals surface area (Å²) in [5.41, 5.74) is 2.62. The summed E-state index contributed by atoms with van der Waals surface area (Å²) in [5.74, 6) is 0.359. The molecular weight excluding hydrogens is 536 g/mol. The Morgan fingerprint density at radius 2 is 1.89 bits per heavy atom. The van der Waals surface area contributed by atoms with E-state index >= 15 is 0 Å². The number of hydrogen-bond donors (Lipinski definition) is 1. The van der Waals surface area contributed by atoms with Gasteiger partial charge in [-0.15, -0.1) is 0 Å². The number of amidine groups is 1. The molecule has 1 fully saturated rings. The Morgan fingerprint density at radius 1 is 1.18 bits per heavy atom. The van der Waals surface area contributed by atoms with Crippen LogP contribution >= 0.6 is 23.4 Å². The van der Waals surface area contributed by atoms with Crippen LogP contribution in [0.5, 0.6) is 5.75 Å². The fraction of sp³-hybridized carbons (Fsp3) is 0.448. The molecule has 0 spiro atoms. The maximum absolute atomic E-state index is 13.4. The van der Waals surface area contributed by atoms with Gasteiger partial charge < -0.3 is 14.3 Å². The van der Waals surface area contributed by atoms with E-state index in [0.717, 1.165) is 23.2 Å². The molecule has 1 amide bonds. The number of carbonyl (C=O) groups is 1. The number of amides is 1. The SMILES string of the molecule is CCC/N=C1\SC(=Cc2ccc(OCC(O)CO[Si](C)(C)C(C)(C)C)c(Cl)c2)C(=O)N1c1ccccc1C. The lowest BCUT2D eigenvalue weighted by Crippen LogP contribution is -2.43. The van der Waals surface area contributed by atoms with Gasteiger partial charge in [-0.05, 0) is 78.6 Å². The molecule has 0 aliphatic carbocycles. The second kappa shape index (κ2) is 12.8. The zero-order chi connectivity index (χ0) is 28.1. The average molecular weight is 575 g/mol. The van der Waals surface area contributed by atoms with Crippen molar-refractivity contribution in [2.75, 3.05) is 24.7 Å². The van der Waals surface area contributed by atoms with Crippen LogP contribution in [0, 0.1) is 6.92 Å². The molecule has 0 radical (unpaired) electrons. The number of carbonyl (C=O) groups excluding carboxylic acids is 1. The van der Waals surface area contributed by atoms with Crippen LogP contribution in [-0.4, -0.2) is 50.4 Å². The number of benzene rings is 2. The number of anilines is 1. The number of aliphatic hydroxyl groups is 1. The third-order valence-corrected chi connectivity index (χ3v) is 12.6. The van der Waals surface area contributed by atoms with E-state index in [9.17, 15) is 9.90 Å². The highest BCUT2D eigenvalue weighted by atomic mass is 35.5. The molecule has 1 aliphatic rings. The summed E-state index contributed by atoms with van der Waals surface area (Å²) >= 11 is 7.87. The average Bonchev–Trinajstić information content (AvgIpc) is 3.15. The van der Waals surface area contributed by atoms with E-state index in [1.54, 1.807) is 17.0 Å². The predicted octanol–water partition coefficient (Wildman–Crippen LogP) is 7.30. The highest BCUT2D eigenvalue weighted by Crippen LogP contribution is 2.38. The molecule has 0 saturated carbocycles. The van der Waals surface area contributed by atoms with Crippen molar-refractivity contribution in [1.29, 1.82) is 0 Å². The minimum absolute atomic E-state index is 0.0692. The Kier molecular flexibility index (Phi) is 10.3. The molecule has 206 valence electrons. The molecule has 1 aliphatic heterocycles. The number of aliphatic hydroxyl groups excluding tert-OH is 1. The molecule has 3 rings (SSSR count). The lowest BCUT2D eigenvalue weighted by molar-refractivity contribution is -0.113. The summed E-state index contributed by atoms with van der Waals surface area (Å²) in [6.45, 7) is 15.8. The zero-order valence-corrected chi connectivity index (χ0v) is 25.9. The number of aryl methyl sites for hydroxylation is 1. The molecule has 2 aromatic carbocycles. The fourth-order valence-electron chi connectivity index (χ4n) is 3.44. The number of nitrogens with zero attached hydrogens (tertiary/aromatic N) is 2. The molecule has 38 heavy (non-hydrogen) atoms. The lowest BCUT2D eigenvalue weighted by atomic mass is 10.1. The van der Waals surface area contributed by atoms with Gasteiger partial charge >= 0.3 is 0 Å². The smallest absolute Gasteiger partial charge is 0.271 e. The topological polar surface area (TPSA) is 71.4 Å². The zero-order valence-electron chi connectivity index (χ0n) is 23.4. The predicted molar refractivity (Wildman–Crippen MR) is 163 cm³/mol. The van der Waals surface area contributed by atoms with Crippen molar-refractivity contribution in [2.24, 2.45) is 4.99 Å². The van der Waals surface area contributed by atoms with Crippen molar-refractivity contribution >= 4 is 54.5 Å². The van der Waals surface area contributed by atoms with Gasteiger partial charge in [0.25, 0.3) is 5.91 Å². The number of thioether (sulfide) groups is 1. The minimum Gasteiger partial charge on any atom is -0.489 e. The second-order valence-corrected chi connectivity index (χ2v) is 17.2. The standard InChI is InChI=1S/C29H39ClN2O4SSi/c1-8-15-31-28-32(24-12-10-9-11-20(24)2)27(34)26(37-28)17-21-13-14-25(23(30)16-21)35-18-22(33)19-36-38(6,7)29(3,4)5/h9-14,16-17,22,33H,8,15,18-19H2,1-7H3/b26-17?,31-28-. The number of hydrogen-bond acceptors (Lipinski definition) is 6. The van der Waals surface area contributed by atoms with Crippen LogP contribution in [0.15, 0.2) is 52.4 Å².